The van der Waals surface area contributed by atoms with Crippen molar-refractivity contribution in [2.24, 2.45) is 0 Å². The molecule has 1 N–H and O–H groups in total. The van der Waals surface area contributed by atoms with Gasteiger partial charge in [-0.05, 0) is 36.8 Å². The van der Waals surface area contributed by atoms with Crippen molar-refractivity contribution >= 4 is 40.7 Å². The maximum Gasteiger partial charge on any atom is 0.316 e. The van der Waals surface area contributed by atoms with Gasteiger partial charge in [0.1, 0.15) is 12.3 Å². The lowest BCUT2D eigenvalue weighted by Crippen LogP contribution is -2.56. The smallest absolute Gasteiger partial charge is 0.316 e. The van der Waals surface area contributed by atoms with E-state index in [1.165, 1.54) is 16.9 Å². The van der Waals surface area contributed by atoms with E-state index >= 15 is 0 Å². The molecule has 0 spiro atoms. The quantitative estimate of drug-likeness (QED) is 0.780. The number of hydrogen-bond acceptors (Lipinski definition) is 4. The van der Waals surface area contributed by atoms with E-state index in [2.05, 4.69) is 5.32 Å². The first-order chi connectivity index (χ1) is 13.4. The number of benzene rings is 2. The van der Waals surface area contributed by atoms with E-state index in [9.17, 15) is 14.4 Å². The normalized spacial score (nSPS) is 14.2. The fourth-order valence-electron chi connectivity index (χ4n) is 2.99. The Hall–Kier alpha value is -3.06. The van der Waals surface area contributed by atoms with E-state index < -0.39 is 17.7 Å². The lowest BCUT2D eigenvalue weighted by atomic mass is 10.2. The van der Waals surface area contributed by atoms with Crippen LogP contribution in [-0.2, 0) is 14.4 Å². The summed E-state index contributed by atoms with van der Waals surface area (Å²) in [5, 5.41) is 3.09. The largest absolute Gasteiger partial charge is 0.495 e. The third-order valence-corrected chi connectivity index (χ3v) is 4.73. The monoisotopic (exact) mass is 401 g/mol. The lowest BCUT2D eigenvalue weighted by Gasteiger charge is -2.33. The van der Waals surface area contributed by atoms with Crippen LogP contribution in [0, 0.1) is 6.92 Å². The van der Waals surface area contributed by atoms with Gasteiger partial charge in [-0.25, -0.2) is 0 Å². The molecule has 1 aliphatic rings. The van der Waals surface area contributed by atoms with E-state index in [1.54, 1.807) is 36.4 Å². The standard InChI is InChI=1S/C20H20ClN3O4/c1-13-7-8-15(14(21)11-13)22-18(25)12-23-9-10-24(20(27)19(23)26)16-5-3-4-6-17(16)28-2/h3-8,11H,9-10,12H2,1-2H3,(H,22,25). The summed E-state index contributed by atoms with van der Waals surface area (Å²) >= 11 is 6.12. The number of halogens is 1. The predicted octanol–water partition coefficient (Wildman–Crippen LogP) is 2.47. The van der Waals surface area contributed by atoms with Gasteiger partial charge in [-0.15, -0.1) is 0 Å². The number of aryl methyl sites for hydroxylation is 1. The number of carbonyl (C=O) groups excluding carboxylic acids is 3. The molecule has 0 aromatic heterocycles. The molecule has 3 amide bonds. The summed E-state index contributed by atoms with van der Waals surface area (Å²) in [5.41, 5.74) is 1.96. The Morgan fingerprint density at radius 2 is 1.89 bits per heavy atom. The Morgan fingerprint density at radius 1 is 1.14 bits per heavy atom. The maximum absolute atomic E-state index is 12.6. The number of carbonyl (C=O) groups is 3. The molecule has 1 aliphatic heterocycles. The Kier molecular flexibility index (Phi) is 5.84. The van der Waals surface area contributed by atoms with E-state index in [-0.39, 0.29) is 19.6 Å². The zero-order valence-corrected chi connectivity index (χ0v) is 16.3. The van der Waals surface area contributed by atoms with Crippen LogP contribution in [0.2, 0.25) is 5.02 Å². The summed E-state index contributed by atoms with van der Waals surface area (Å²) in [5.74, 6) is -1.35. The summed E-state index contributed by atoms with van der Waals surface area (Å²) in [6, 6.07) is 12.2. The second-order valence-corrected chi connectivity index (χ2v) is 6.79. The molecule has 0 saturated carbocycles. The van der Waals surface area contributed by atoms with E-state index in [0.717, 1.165) is 5.56 Å². The highest BCUT2D eigenvalue weighted by atomic mass is 35.5. The number of ether oxygens (including phenoxy) is 1. The summed E-state index contributed by atoms with van der Waals surface area (Å²) < 4.78 is 5.26. The number of anilines is 2. The Morgan fingerprint density at radius 3 is 2.61 bits per heavy atom. The van der Waals surface area contributed by atoms with Crippen LogP contribution in [0.4, 0.5) is 11.4 Å². The zero-order chi connectivity index (χ0) is 20.3. The summed E-state index contributed by atoms with van der Waals surface area (Å²) in [7, 11) is 1.50. The van der Waals surface area contributed by atoms with Crippen molar-refractivity contribution in [3.63, 3.8) is 0 Å². The predicted molar refractivity (Wildman–Crippen MR) is 107 cm³/mol. The second-order valence-electron chi connectivity index (χ2n) is 6.39. The van der Waals surface area contributed by atoms with Crippen molar-refractivity contribution < 1.29 is 19.1 Å². The van der Waals surface area contributed by atoms with Gasteiger partial charge in [-0.1, -0.05) is 29.8 Å². The Balaban J connectivity index is 1.67. The van der Waals surface area contributed by atoms with Crippen LogP contribution < -0.4 is 15.0 Å². The van der Waals surface area contributed by atoms with Crippen molar-refractivity contribution in [2.75, 3.05) is 37.0 Å². The molecule has 2 aromatic carbocycles. The minimum Gasteiger partial charge on any atom is -0.495 e. The molecule has 1 fully saturated rings. The number of hydrogen-bond donors (Lipinski definition) is 1. The molecule has 2 aromatic rings. The summed E-state index contributed by atoms with van der Waals surface area (Å²) in [6.07, 6.45) is 0. The number of rotatable bonds is 5. The molecular weight excluding hydrogens is 382 g/mol. The molecule has 28 heavy (non-hydrogen) atoms. The SMILES string of the molecule is COc1ccccc1N1CCN(CC(=O)Nc2ccc(C)cc2Cl)C(=O)C1=O. The molecule has 146 valence electrons. The molecule has 0 unspecified atom stereocenters. The first kappa shape index (κ1) is 19.7. The first-order valence-electron chi connectivity index (χ1n) is 8.70. The van der Waals surface area contributed by atoms with Gasteiger partial charge in [0.05, 0.1) is 23.5 Å². The molecule has 0 bridgehead atoms. The van der Waals surface area contributed by atoms with Crippen LogP contribution in [0.3, 0.4) is 0 Å². The molecule has 7 nitrogen and oxygen atoms in total. The molecule has 3 rings (SSSR count). The maximum atomic E-state index is 12.6. The van der Waals surface area contributed by atoms with Gasteiger partial charge in [0.25, 0.3) is 0 Å². The third-order valence-electron chi connectivity index (χ3n) is 4.42. The number of amides is 3. The second kappa shape index (κ2) is 8.31. The van der Waals surface area contributed by atoms with Crippen molar-refractivity contribution in [3.05, 3.63) is 53.1 Å². The van der Waals surface area contributed by atoms with Crippen LogP contribution in [0.5, 0.6) is 5.75 Å². The van der Waals surface area contributed by atoms with Gasteiger partial charge in [0, 0.05) is 13.1 Å². The van der Waals surface area contributed by atoms with Gasteiger partial charge in [0.2, 0.25) is 5.91 Å². The molecule has 1 heterocycles. The number of nitrogens with zero attached hydrogens (tertiary/aromatic N) is 2. The molecule has 0 radical (unpaired) electrons. The van der Waals surface area contributed by atoms with Crippen LogP contribution in [0.1, 0.15) is 5.56 Å². The minimum atomic E-state index is -0.734. The van der Waals surface area contributed by atoms with Crippen LogP contribution in [0.25, 0.3) is 0 Å². The highest BCUT2D eigenvalue weighted by Crippen LogP contribution is 2.29. The van der Waals surface area contributed by atoms with Crippen LogP contribution in [-0.4, -0.2) is 49.4 Å². The highest BCUT2D eigenvalue weighted by molar-refractivity contribution is 6.41. The zero-order valence-electron chi connectivity index (χ0n) is 15.6. The van der Waals surface area contributed by atoms with Crippen molar-refractivity contribution in [2.45, 2.75) is 6.92 Å². The van der Waals surface area contributed by atoms with Gasteiger partial charge in [0.15, 0.2) is 0 Å². The number of para-hydroxylation sites is 2. The minimum absolute atomic E-state index is 0.228. The van der Waals surface area contributed by atoms with E-state index in [0.29, 0.717) is 22.1 Å². The van der Waals surface area contributed by atoms with E-state index in [4.69, 9.17) is 16.3 Å². The summed E-state index contributed by atoms with van der Waals surface area (Å²) in [4.78, 5) is 40.0. The van der Waals surface area contributed by atoms with Gasteiger partial charge >= 0.3 is 11.8 Å². The van der Waals surface area contributed by atoms with Crippen LogP contribution in [0.15, 0.2) is 42.5 Å². The van der Waals surface area contributed by atoms with Gasteiger partial charge in [-0.3, -0.25) is 19.3 Å². The van der Waals surface area contributed by atoms with Crippen molar-refractivity contribution in [3.8, 4) is 5.75 Å². The topological polar surface area (TPSA) is 79.0 Å². The Bertz CT molecular complexity index is 931. The first-order valence-corrected chi connectivity index (χ1v) is 9.08. The summed E-state index contributed by atoms with van der Waals surface area (Å²) in [6.45, 7) is 2.17. The van der Waals surface area contributed by atoms with Crippen molar-refractivity contribution in [1.29, 1.82) is 0 Å². The molecular formula is C20H20ClN3O4. The highest BCUT2D eigenvalue weighted by Gasteiger charge is 2.35. The number of piperazine rings is 1. The molecule has 8 heteroatoms. The number of methoxy groups -OCH3 is 1. The fraction of sp³-hybridized carbons (Fsp3) is 0.250. The fourth-order valence-corrected chi connectivity index (χ4v) is 3.27. The van der Waals surface area contributed by atoms with Gasteiger partial charge < -0.3 is 15.0 Å². The third kappa shape index (κ3) is 4.09. The van der Waals surface area contributed by atoms with Gasteiger partial charge in [-0.2, -0.15) is 0 Å². The molecule has 1 saturated heterocycles. The van der Waals surface area contributed by atoms with E-state index in [1.807, 2.05) is 13.0 Å². The molecule has 0 atom stereocenters. The molecule has 0 aliphatic carbocycles. The average Bonchev–Trinajstić information content (AvgIpc) is 2.68. The Labute approximate surface area is 167 Å². The lowest BCUT2D eigenvalue weighted by molar-refractivity contribution is -0.147. The number of nitrogens with one attached hydrogen (secondary N) is 1. The van der Waals surface area contributed by atoms with Crippen molar-refractivity contribution in [1.82, 2.24) is 4.90 Å². The van der Waals surface area contributed by atoms with Crippen LogP contribution >= 0.6 is 11.6 Å². The average molecular weight is 402 g/mol.